The van der Waals surface area contributed by atoms with Crippen molar-refractivity contribution in [2.75, 3.05) is 5.32 Å². The molecule has 0 fully saturated rings. The highest BCUT2D eigenvalue weighted by Gasteiger charge is 2.15. The van der Waals surface area contributed by atoms with Crippen LogP contribution < -0.4 is 5.32 Å². The first-order chi connectivity index (χ1) is 9.83. The van der Waals surface area contributed by atoms with Gasteiger partial charge in [0.15, 0.2) is 0 Å². The third kappa shape index (κ3) is 2.83. The van der Waals surface area contributed by atoms with E-state index >= 15 is 0 Å². The standard InChI is InChI=1S/C16H13ClN2O/c17-14-3-1-12(2-4-14)16(13-7-10-20-11-13)19-15-5-8-18-9-6-15/h1-11,16H,(H,18,19). The molecule has 1 atom stereocenters. The maximum atomic E-state index is 5.95. The van der Waals surface area contributed by atoms with Crippen LogP contribution in [-0.4, -0.2) is 4.98 Å². The highest BCUT2D eigenvalue weighted by molar-refractivity contribution is 6.30. The number of rotatable bonds is 4. The summed E-state index contributed by atoms with van der Waals surface area (Å²) >= 11 is 5.95. The molecule has 4 heteroatoms. The zero-order valence-electron chi connectivity index (χ0n) is 10.7. The highest BCUT2D eigenvalue weighted by Crippen LogP contribution is 2.27. The Hall–Kier alpha value is -2.26. The van der Waals surface area contributed by atoms with Gasteiger partial charge in [0.05, 0.1) is 18.6 Å². The summed E-state index contributed by atoms with van der Waals surface area (Å²) in [6, 6.07) is 13.6. The van der Waals surface area contributed by atoms with E-state index in [0.29, 0.717) is 0 Å². The number of furan rings is 1. The molecule has 0 amide bonds. The number of hydrogen-bond acceptors (Lipinski definition) is 3. The van der Waals surface area contributed by atoms with Crippen molar-refractivity contribution in [3.63, 3.8) is 0 Å². The predicted molar refractivity (Wildman–Crippen MR) is 79.9 cm³/mol. The molecule has 1 N–H and O–H groups in total. The minimum atomic E-state index is 0.00779. The molecular weight excluding hydrogens is 272 g/mol. The Morgan fingerprint density at radius 1 is 0.950 bits per heavy atom. The maximum absolute atomic E-state index is 5.95. The Balaban J connectivity index is 1.94. The lowest BCUT2D eigenvalue weighted by Gasteiger charge is -2.19. The van der Waals surface area contributed by atoms with Gasteiger partial charge in [0.1, 0.15) is 0 Å². The van der Waals surface area contributed by atoms with Gasteiger partial charge in [0, 0.05) is 28.7 Å². The molecule has 20 heavy (non-hydrogen) atoms. The first-order valence-electron chi connectivity index (χ1n) is 6.27. The van der Waals surface area contributed by atoms with Gasteiger partial charge in [-0.05, 0) is 35.9 Å². The van der Waals surface area contributed by atoms with Crippen LogP contribution in [0.1, 0.15) is 17.2 Å². The fraction of sp³-hybridized carbons (Fsp3) is 0.0625. The third-order valence-electron chi connectivity index (χ3n) is 3.07. The van der Waals surface area contributed by atoms with Crippen molar-refractivity contribution in [3.05, 3.63) is 83.5 Å². The zero-order valence-corrected chi connectivity index (χ0v) is 11.4. The summed E-state index contributed by atoms with van der Waals surface area (Å²) in [5.74, 6) is 0. The molecule has 0 aliphatic heterocycles. The molecule has 0 aliphatic rings. The van der Waals surface area contributed by atoms with Gasteiger partial charge < -0.3 is 9.73 Å². The zero-order chi connectivity index (χ0) is 13.8. The maximum Gasteiger partial charge on any atom is 0.0958 e. The number of nitrogens with one attached hydrogen (secondary N) is 1. The summed E-state index contributed by atoms with van der Waals surface area (Å²) in [6.07, 6.45) is 6.94. The summed E-state index contributed by atoms with van der Waals surface area (Å²) in [7, 11) is 0. The normalized spacial score (nSPS) is 12.1. The summed E-state index contributed by atoms with van der Waals surface area (Å²) in [5, 5.41) is 4.20. The average molecular weight is 285 g/mol. The number of pyridine rings is 1. The molecule has 0 aliphatic carbocycles. The number of hydrogen-bond donors (Lipinski definition) is 1. The summed E-state index contributed by atoms with van der Waals surface area (Å²) in [5.41, 5.74) is 3.18. The fourth-order valence-corrected chi connectivity index (χ4v) is 2.19. The summed E-state index contributed by atoms with van der Waals surface area (Å²) in [4.78, 5) is 4.02. The molecule has 0 bridgehead atoms. The Labute approximate surface area is 122 Å². The largest absolute Gasteiger partial charge is 0.472 e. The smallest absolute Gasteiger partial charge is 0.0958 e. The van der Waals surface area contributed by atoms with Crippen molar-refractivity contribution < 1.29 is 4.42 Å². The Kier molecular flexibility index (Phi) is 3.70. The summed E-state index contributed by atoms with van der Waals surface area (Å²) < 4.78 is 5.20. The minimum absolute atomic E-state index is 0.00779. The first-order valence-corrected chi connectivity index (χ1v) is 6.65. The third-order valence-corrected chi connectivity index (χ3v) is 3.32. The molecule has 3 aromatic rings. The van der Waals surface area contributed by atoms with Crippen LogP contribution in [0.3, 0.4) is 0 Å². The topological polar surface area (TPSA) is 38.1 Å². The molecule has 3 rings (SSSR count). The van der Waals surface area contributed by atoms with Gasteiger partial charge in [-0.15, -0.1) is 0 Å². The molecule has 0 radical (unpaired) electrons. The molecule has 0 saturated carbocycles. The molecule has 2 aromatic heterocycles. The minimum Gasteiger partial charge on any atom is -0.472 e. The van der Waals surface area contributed by atoms with Crippen molar-refractivity contribution in [2.45, 2.75) is 6.04 Å². The van der Waals surface area contributed by atoms with Crippen molar-refractivity contribution in [1.82, 2.24) is 4.98 Å². The number of anilines is 1. The van der Waals surface area contributed by atoms with Crippen LogP contribution in [0.4, 0.5) is 5.69 Å². The second kappa shape index (κ2) is 5.80. The Morgan fingerprint density at radius 3 is 2.35 bits per heavy atom. The molecule has 0 saturated heterocycles. The van der Waals surface area contributed by atoms with E-state index in [4.69, 9.17) is 16.0 Å². The Morgan fingerprint density at radius 2 is 1.70 bits per heavy atom. The van der Waals surface area contributed by atoms with Crippen LogP contribution in [0.5, 0.6) is 0 Å². The van der Waals surface area contributed by atoms with E-state index in [0.717, 1.165) is 21.8 Å². The van der Waals surface area contributed by atoms with Crippen LogP contribution in [0.25, 0.3) is 0 Å². The van der Waals surface area contributed by atoms with Crippen LogP contribution in [0.2, 0.25) is 5.02 Å². The number of benzene rings is 1. The van der Waals surface area contributed by atoms with Gasteiger partial charge in [0.25, 0.3) is 0 Å². The summed E-state index contributed by atoms with van der Waals surface area (Å²) in [6.45, 7) is 0. The van der Waals surface area contributed by atoms with E-state index in [1.54, 1.807) is 24.9 Å². The van der Waals surface area contributed by atoms with Crippen molar-refractivity contribution in [1.29, 1.82) is 0 Å². The van der Waals surface area contributed by atoms with E-state index in [-0.39, 0.29) is 6.04 Å². The van der Waals surface area contributed by atoms with E-state index in [2.05, 4.69) is 10.3 Å². The quantitative estimate of drug-likeness (QED) is 0.765. The number of halogens is 1. The fourth-order valence-electron chi connectivity index (χ4n) is 2.07. The lowest BCUT2D eigenvalue weighted by atomic mass is 10.0. The van der Waals surface area contributed by atoms with Gasteiger partial charge in [-0.2, -0.15) is 0 Å². The molecule has 1 unspecified atom stereocenters. The lowest BCUT2D eigenvalue weighted by molar-refractivity contribution is 0.563. The molecule has 100 valence electrons. The second-order valence-corrected chi connectivity index (χ2v) is 4.86. The van der Waals surface area contributed by atoms with Gasteiger partial charge in [0.2, 0.25) is 0 Å². The van der Waals surface area contributed by atoms with Crippen molar-refractivity contribution in [2.24, 2.45) is 0 Å². The number of nitrogens with zero attached hydrogens (tertiary/aromatic N) is 1. The molecule has 1 aromatic carbocycles. The predicted octanol–water partition coefficient (Wildman–Crippen LogP) is 4.53. The van der Waals surface area contributed by atoms with Crippen molar-refractivity contribution in [3.8, 4) is 0 Å². The van der Waals surface area contributed by atoms with Gasteiger partial charge in [-0.1, -0.05) is 23.7 Å². The molecule has 2 heterocycles. The molecule has 0 spiro atoms. The Bertz CT molecular complexity index is 651. The molecular formula is C16H13ClN2O. The monoisotopic (exact) mass is 284 g/mol. The van der Waals surface area contributed by atoms with E-state index in [9.17, 15) is 0 Å². The van der Waals surface area contributed by atoms with Gasteiger partial charge in [-0.3, -0.25) is 4.98 Å². The van der Waals surface area contributed by atoms with Crippen molar-refractivity contribution >= 4 is 17.3 Å². The van der Waals surface area contributed by atoms with Crippen LogP contribution in [0.15, 0.2) is 71.8 Å². The van der Waals surface area contributed by atoms with Crippen LogP contribution >= 0.6 is 11.6 Å². The first kappa shape index (κ1) is 12.8. The van der Waals surface area contributed by atoms with Gasteiger partial charge >= 0.3 is 0 Å². The second-order valence-electron chi connectivity index (χ2n) is 4.42. The number of aromatic nitrogens is 1. The van der Waals surface area contributed by atoms with E-state index < -0.39 is 0 Å². The van der Waals surface area contributed by atoms with E-state index in [1.807, 2.05) is 42.5 Å². The average Bonchev–Trinajstić information content (AvgIpc) is 3.01. The van der Waals surface area contributed by atoms with Gasteiger partial charge in [-0.25, -0.2) is 0 Å². The molecule has 3 nitrogen and oxygen atoms in total. The van der Waals surface area contributed by atoms with Crippen LogP contribution in [0, 0.1) is 0 Å². The lowest BCUT2D eigenvalue weighted by Crippen LogP contribution is -2.11. The van der Waals surface area contributed by atoms with E-state index in [1.165, 1.54) is 0 Å². The highest BCUT2D eigenvalue weighted by atomic mass is 35.5. The van der Waals surface area contributed by atoms with Crippen LogP contribution in [-0.2, 0) is 0 Å². The SMILES string of the molecule is Clc1ccc(C(Nc2ccncc2)c2ccoc2)cc1.